The Morgan fingerprint density at radius 1 is 1.08 bits per heavy atom. The third-order valence-electron chi connectivity index (χ3n) is 4.74. The average molecular weight is 357 g/mol. The molecule has 0 radical (unpaired) electrons. The van der Waals surface area contributed by atoms with Gasteiger partial charge in [-0.25, -0.2) is 0 Å². The van der Waals surface area contributed by atoms with Crippen LogP contribution in [0.3, 0.4) is 0 Å². The molecule has 0 saturated carbocycles. The molecule has 0 bridgehead atoms. The summed E-state index contributed by atoms with van der Waals surface area (Å²) < 4.78 is 5.37. The minimum atomic E-state index is -0.305. The van der Waals surface area contributed by atoms with E-state index in [1.807, 2.05) is 25.1 Å². The number of aryl methyl sites for hydroxylation is 1. The standard InChI is InChI=1S/C20H23NO5/c1-12-3-4-13(7-19(12)25-2)18-8-20(26-21-18)14-5-15(9-22)17(11-24)16(6-14)10-23/h3-7,20,22-24H,8-11H2,1-2H3. The largest absolute Gasteiger partial charge is 0.496 e. The van der Waals surface area contributed by atoms with Crippen molar-refractivity contribution in [3.63, 3.8) is 0 Å². The number of hydrogen-bond acceptors (Lipinski definition) is 6. The van der Waals surface area contributed by atoms with E-state index in [0.717, 1.165) is 28.2 Å². The first-order chi connectivity index (χ1) is 12.6. The van der Waals surface area contributed by atoms with E-state index in [1.165, 1.54) is 0 Å². The number of oxime groups is 1. The lowest BCUT2D eigenvalue weighted by molar-refractivity contribution is 0.0854. The molecule has 138 valence electrons. The maximum absolute atomic E-state index is 9.57. The lowest BCUT2D eigenvalue weighted by atomic mass is 9.93. The molecule has 1 aliphatic rings. The van der Waals surface area contributed by atoms with Crippen LogP contribution in [0.2, 0.25) is 0 Å². The molecule has 3 N–H and O–H groups in total. The highest BCUT2D eigenvalue weighted by molar-refractivity contribution is 6.01. The number of aliphatic hydroxyl groups excluding tert-OH is 3. The molecule has 0 aromatic heterocycles. The van der Waals surface area contributed by atoms with E-state index in [4.69, 9.17) is 9.57 Å². The van der Waals surface area contributed by atoms with E-state index in [2.05, 4.69) is 5.16 Å². The fourth-order valence-electron chi connectivity index (χ4n) is 3.22. The predicted octanol–water partition coefficient (Wildman–Crippen LogP) is 2.35. The molecule has 6 nitrogen and oxygen atoms in total. The zero-order valence-corrected chi connectivity index (χ0v) is 14.9. The van der Waals surface area contributed by atoms with Crippen LogP contribution in [-0.4, -0.2) is 28.1 Å². The van der Waals surface area contributed by atoms with E-state index in [1.54, 1.807) is 19.2 Å². The minimum Gasteiger partial charge on any atom is -0.496 e. The fraction of sp³-hybridized carbons (Fsp3) is 0.350. The number of ether oxygens (including phenoxy) is 1. The van der Waals surface area contributed by atoms with Gasteiger partial charge >= 0.3 is 0 Å². The number of aliphatic hydroxyl groups is 3. The highest BCUT2D eigenvalue weighted by Gasteiger charge is 2.26. The minimum absolute atomic E-state index is 0.216. The summed E-state index contributed by atoms with van der Waals surface area (Å²) in [5.74, 6) is 0.797. The van der Waals surface area contributed by atoms with Crippen molar-refractivity contribution in [1.29, 1.82) is 0 Å². The maximum Gasteiger partial charge on any atom is 0.158 e. The monoisotopic (exact) mass is 357 g/mol. The van der Waals surface area contributed by atoms with Gasteiger partial charge in [-0.1, -0.05) is 17.3 Å². The lowest BCUT2D eigenvalue weighted by Gasteiger charge is -2.16. The van der Waals surface area contributed by atoms with Gasteiger partial charge in [-0.3, -0.25) is 0 Å². The third kappa shape index (κ3) is 3.44. The Bertz CT molecular complexity index is 806. The van der Waals surface area contributed by atoms with E-state index in [9.17, 15) is 15.3 Å². The summed E-state index contributed by atoms with van der Waals surface area (Å²) in [7, 11) is 1.64. The predicted molar refractivity (Wildman–Crippen MR) is 96.9 cm³/mol. The lowest BCUT2D eigenvalue weighted by Crippen LogP contribution is -2.07. The van der Waals surface area contributed by atoms with Gasteiger partial charge < -0.3 is 24.9 Å². The third-order valence-corrected chi connectivity index (χ3v) is 4.74. The highest BCUT2D eigenvalue weighted by Crippen LogP contribution is 2.33. The molecule has 1 atom stereocenters. The second-order valence-electron chi connectivity index (χ2n) is 6.31. The van der Waals surface area contributed by atoms with Crippen LogP contribution in [0.25, 0.3) is 0 Å². The Hall–Kier alpha value is -2.41. The molecular formula is C20H23NO5. The molecule has 1 heterocycles. The number of nitrogens with zero attached hydrogens (tertiary/aromatic N) is 1. The molecule has 0 saturated heterocycles. The van der Waals surface area contributed by atoms with Gasteiger partial charge in [-0.2, -0.15) is 0 Å². The van der Waals surface area contributed by atoms with Crippen molar-refractivity contribution >= 4 is 5.71 Å². The Balaban J connectivity index is 1.86. The molecule has 1 aliphatic heterocycles. The maximum atomic E-state index is 9.57. The van der Waals surface area contributed by atoms with Gasteiger partial charge in [0.2, 0.25) is 0 Å². The summed E-state index contributed by atoms with van der Waals surface area (Å²) in [6, 6.07) is 9.49. The zero-order chi connectivity index (χ0) is 18.7. The van der Waals surface area contributed by atoms with Gasteiger partial charge in [0.1, 0.15) is 5.75 Å². The Kier molecular flexibility index (Phi) is 5.56. The van der Waals surface area contributed by atoms with Crippen molar-refractivity contribution in [2.24, 2.45) is 5.16 Å². The number of hydrogen-bond donors (Lipinski definition) is 3. The highest BCUT2D eigenvalue weighted by atomic mass is 16.6. The summed E-state index contributed by atoms with van der Waals surface area (Å²) in [5.41, 5.74) is 5.34. The normalized spacial score (nSPS) is 16.3. The first kappa shape index (κ1) is 18.4. The van der Waals surface area contributed by atoms with Crippen molar-refractivity contribution in [3.8, 4) is 5.75 Å². The Labute approximate surface area is 152 Å². The van der Waals surface area contributed by atoms with Crippen LogP contribution in [0.5, 0.6) is 5.75 Å². The van der Waals surface area contributed by atoms with Crippen LogP contribution in [0.4, 0.5) is 0 Å². The molecule has 2 aromatic carbocycles. The summed E-state index contributed by atoms with van der Waals surface area (Å²) >= 11 is 0. The van der Waals surface area contributed by atoms with Crippen LogP contribution >= 0.6 is 0 Å². The van der Waals surface area contributed by atoms with Crippen molar-refractivity contribution in [1.82, 2.24) is 0 Å². The van der Waals surface area contributed by atoms with Crippen LogP contribution in [0.15, 0.2) is 35.5 Å². The molecule has 0 spiro atoms. The van der Waals surface area contributed by atoms with Gasteiger partial charge in [0.05, 0.1) is 32.6 Å². The van der Waals surface area contributed by atoms with Crippen molar-refractivity contribution in [2.45, 2.75) is 39.3 Å². The first-order valence-corrected chi connectivity index (χ1v) is 8.46. The van der Waals surface area contributed by atoms with Crippen LogP contribution in [-0.2, 0) is 24.7 Å². The van der Waals surface area contributed by atoms with Gasteiger partial charge in [-0.05, 0) is 52.9 Å². The Morgan fingerprint density at radius 3 is 2.35 bits per heavy atom. The molecular weight excluding hydrogens is 334 g/mol. The molecule has 3 rings (SSSR count). The van der Waals surface area contributed by atoms with E-state index < -0.39 is 0 Å². The number of benzene rings is 2. The summed E-state index contributed by atoms with van der Waals surface area (Å²) in [5, 5.41) is 32.9. The average Bonchev–Trinajstić information content (AvgIpc) is 3.17. The number of methoxy groups -OCH3 is 1. The van der Waals surface area contributed by atoms with Gasteiger partial charge in [-0.15, -0.1) is 0 Å². The SMILES string of the molecule is COc1cc(C2=NOC(c3cc(CO)c(CO)c(CO)c3)C2)ccc1C. The topological polar surface area (TPSA) is 91.5 Å². The molecule has 6 heteroatoms. The van der Waals surface area contributed by atoms with Crippen LogP contribution in [0.1, 0.15) is 45.9 Å². The molecule has 2 aromatic rings. The molecule has 1 unspecified atom stereocenters. The molecule has 0 amide bonds. The van der Waals surface area contributed by atoms with Gasteiger partial charge in [0, 0.05) is 12.0 Å². The molecule has 26 heavy (non-hydrogen) atoms. The van der Waals surface area contributed by atoms with Crippen LogP contribution < -0.4 is 4.74 Å². The summed E-state index contributed by atoms with van der Waals surface area (Å²) in [6.07, 6.45) is 0.265. The quantitative estimate of drug-likeness (QED) is 0.738. The van der Waals surface area contributed by atoms with E-state index in [0.29, 0.717) is 23.1 Å². The van der Waals surface area contributed by atoms with Gasteiger partial charge in [0.15, 0.2) is 6.10 Å². The molecule has 0 fully saturated rings. The summed E-state index contributed by atoms with van der Waals surface area (Å²) in [4.78, 5) is 5.60. The Morgan fingerprint density at radius 2 is 1.77 bits per heavy atom. The van der Waals surface area contributed by atoms with Crippen LogP contribution in [0, 0.1) is 6.92 Å². The van der Waals surface area contributed by atoms with Crippen molar-refractivity contribution in [3.05, 3.63) is 63.7 Å². The fourth-order valence-corrected chi connectivity index (χ4v) is 3.22. The van der Waals surface area contributed by atoms with E-state index in [-0.39, 0.29) is 25.9 Å². The number of rotatable bonds is 6. The second kappa shape index (κ2) is 7.86. The zero-order valence-electron chi connectivity index (χ0n) is 14.9. The first-order valence-electron chi connectivity index (χ1n) is 8.46. The van der Waals surface area contributed by atoms with Crippen molar-refractivity contribution < 1.29 is 24.9 Å². The second-order valence-corrected chi connectivity index (χ2v) is 6.31. The molecule has 0 aliphatic carbocycles. The van der Waals surface area contributed by atoms with Gasteiger partial charge in [0.25, 0.3) is 0 Å². The van der Waals surface area contributed by atoms with E-state index >= 15 is 0 Å². The smallest absolute Gasteiger partial charge is 0.158 e. The van der Waals surface area contributed by atoms with Crippen molar-refractivity contribution in [2.75, 3.05) is 7.11 Å². The summed E-state index contributed by atoms with van der Waals surface area (Å²) in [6.45, 7) is 1.31.